The highest BCUT2D eigenvalue weighted by Crippen LogP contribution is 2.42. The number of aromatic nitrogens is 1. The molecule has 3 heterocycles. The fourth-order valence-corrected chi connectivity index (χ4v) is 8.79. The normalized spacial score (nSPS) is 16.7. The van der Waals surface area contributed by atoms with Gasteiger partial charge < -0.3 is 4.74 Å². The van der Waals surface area contributed by atoms with Crippen LogP contribution < -0.4 is 19.6 Å². The van der Waals surface area contributed by atoms with Crippen LogP contribution in [0.15, 0.2) is 81.9 Å². The molecular weight excluding hydrogens is 714 g/mol. The molecule has 180 valence electrons. The average Bonchev–Trinajstić information content (AvgIpc) is 3.51. The molecule has 2 aromatic carbocycles. The molecule has 2 aromatic heterocycles. The maximum Gasteiger partial charge on any atom is 0.271 e. The van der Waals surface area contributed by atoms with Crippen molar-refractivity contribution >= 4 is 79.6 Å². The van der Waals surface area contributed by atoms with Crippen molar-refractivity contribution in [1.82, 2.24) is 4.57 Å². The third kappa shape index (κ3) is 4.25. The van der Waals surface area contributed by atoms with Crippen LogP contribution >= 0.6 is 67.9 Å². The molecule has 4 aromatic rings. The van der Waals surface area contributed by atoms with E-state index in [0.717, 1.165) is 41.8 Å². The topological polar surface area (TPSA) is 43.6 Å². The highest BCUT2D eigenvalue weighted by atomic mass is 127. The first kappa shape index (κ1) is 24.3. The summed E-state index contributed by atoms with van der Waals surface area (Å²) < 4.78 is 10.4. The minimum absolute atomic E-state index is 0.0135. The molecule has 6 rings (SSSR count). The largest absolute Gasteiger partial charge is 0.487 e. The maximum atomic E-state index is 13.8. The van der Waals surface area contributed by atoms with Crippen LogP contribution in [0.3, 0.4) is 0 Å². The van der Waals surface area contributed by atoms with Gasteiger partial charge in [-0.3, -0.25) is 9.36 Å². The molecule has 4 nitrogen and oxygen atoms in total. The lowest BCUT2D eigenvalue weighted by Crippen LogP contribution is -2.38. The van der Waals surface area contributed by atoms with E-state index in [-0.39, 0.29) is 11.6 Å². The molecule has 0 bridgehead atoms. The molecule has 0 spiro atoms. The number of hydrogen-bond acceptors (Lipinski definition) is 5. The zero-order valence-corrected chi connectivity index (χ0v) is 25.0. The molecule has 36 heavy (non-hydrogen) atoms. The Kier molecular flexibility index (Phi) is 6.78. The Hall–Kier alpha value is -2.02. The van der Waals surface area contributed by atoms with Crippen LogP contribution in [0.1, 0.15) is 34.0 Å². The van der Waals surface area contributed by atoms with Gasteiger partial charge in [-0.2, -0.15) is 0 Å². The van der Waals surface area contributed by atoms with Gasteiger partial charge in [0.1, 0.15) is 12.4 Å². The van der Waals surface area contributed by atoms with Crippen LogP contribution in [-0.4, -0.2) is 11.2 Å². The van der Waals surface area contributed by atoms with Crippen molar-refractivity contribution in [2.24, 2.45) is 4.99 Å². The number of aryl methyl sites for hydroxylation is 1. The molecule has 1 aliphatic heterocycles. The smallest absolute Gasteiger partial charge is 0.271 e. The van der Waals surface area contributed by atoms with E-state index in [0.29, 0.717) is 11.1 Å². The molecule has 0 radical (unpaired) electrons. The summed E-state index contributed by atoms with van der Waals surface area (Å²) in [6, 6.07) is 16.7. The number of allylic oxidation sites excluding steroid dienone is 1. The summed E-state index contributed by atoms with van der Waals surface area (Å²) in [7, 11) is 0. The number of fused-ring (bicyclic) bond motifs is 3. The lowest BCUT2D eigenvalue weighted by molar-refractivity contribution is 0.358. The Labute approximate surface area is 243 Å². The molecule has 1 atom stereocenters. The predicted octanol–water partition coefficient (Wildman–Crippen LogP) is 6.15. The van der Waals surface area contributed by atoms with Gasteiger partial charge in [0.15, 0.2) is 4.80 Å². The van der Waals surface area contributed by atoms with Crippen LogP contribution in [0.25, 0.3) is 11.8 Å². The molecule has 0 saturated heterocycles. The number of benzene rings is 2. The second-order valence-corrected chi connectivity index (χ2v) is 12.9. The van der Waals surface area contributed by atoms with Crippen LogP contribution in [0.4, 0.5) is 0 Å². The number of halogens is 2. The van der Waals surface area contributed by atoms with Crippen molar-refractivity contribution < 1.29 is 4.74 Å². The Morgan fingerprint density at radius 3 is 2.69 bits per heavy atom. The van der Waals surface area contributed by atoms with E-state index in [2.05, 4.69) is 106 Å². The van der Waals surface area contributed by atoms with Crippen LogP contribution in [0.2, 0.25) is 0 Å². The fourth-order valence-electron chi connectivity index (χ4n) is 4.81. The summed E-state index contributed by atoms with van der Waals surface area (Å²) in [5.41, 5.74) is 5.78. The first-order chi connectivity index (χ1) is 17.5. The number of rotatable bonds is 5. The van der Waals surface area contributed by atoms with Crippen molar-refractivity contribution in [3.63, 3.8) is 0 Å². The van der Waals surface area contributed by atoms with Gasteiger partial charge in [0.2, 0.25) is 0 Å². The third-order valence-corrected chi connectivity index (χ3v) is 9.86. The molecular formula is C28H20I2N2O2S2. The van der Waals surface area contributed by atoms with Gasteiger partial charge in [-0.25, -0.2) is 4.99 Å². The van der Waals surface area contributed by atoms with Gasteiger partial charge in [-0.15, -0.1) is 11.3 Å². The van der Waals surface area contributed by atoms with Gasteiger partial charge in [-0.05, 0) is 104 Å². The minimum Gasteiger partial charge on any atom is -0.487 e. The minimum atomic E-state index is -0.110. The van der Waals surface area contributed by atoms with Crippen molar-refractivity contribution in [3.05, 3.63) is 121 Å². The van der Waals surface area contributed by atoms with Gasteiger partial charge >= 0.3 is 0 Å². The average molecular weight is 734 g/mol. The summed E-state index contributed by atoms with van der Waals surface area (Å²) in [6.07, 6.45) is 5.59. The van der Waals surface area contributed by atoms with Crippen LogP contribution in [0.5, 0.6) is 5.75 Å². The molecule has 0 unspecified atom stereocenters. The first-order valence-corrected chi connectivity index (χ1v) is 15.3. The van der Waals surface area contributed by atoms with Gasteiger partial charge in [0.25, 0.3) is 5.56 Å². The van der Waals surface area contributed by atoms with Crippen molar-refractivity contribution in [2.45, 2.75) is 18.9 Å². The van der Waals surface area contributed by atoms with E-state index in [1.807, 2.05) is 10.6 Å². The summed E-state index contributed by atoms with van der Waals surface area (Å²) in [4.78, 5) is 20.9. The monoisotopic (exact) mass is 734 g/mol. The van der Waals surface area contributed by atoms with Gasteiger partial charge in [0.05, 0.1) is 23.4 Å². The lowest BCUT2D eigenvalue weighted by atomic mass is 9.85. The Balaban J connectivity index is 1.53. The SMILES string of the molecule is C=CCOc1c(I)cc(/C=c2\sc3n(c2=O)[C@H](c2cccs2)C2=C(N=3)c3ccccc3CC2)cc1I. The van der Waals surface area contributed by atoms with E-state index in [4.69, 9.17) is 9.73 Å². The van der Waals surface area contributed by atoms with Crippen molar-refractivity contribution in [1.29, 1.82) is 0 Å². The zero-order valence-electron chi connectivity index (χ0n) is 19.0. The Morgan fingerprint density at radius 1 is 1.14 bits per heavy atom. The third-order valence-electron chi connectivity index (χ3n) is 6.35. The van der Waals surface area contributed by atoms with Crippen molar-refractivity contribution in [3.8, 4) is 5.75 Å². The van der Waals surface area contributed by atoms with Gasteiger partial charge in [-0.1, -0.05) is 54.3 Å². The predicted molar refractivity (Wildman–Crippen MR) is 165 cm³/mol. The molecule has 0 fully saturated rings. The van der Waals surface area contributed by atoms with E-state index in [9.17, 15) is 4.79 Å². The molecule has 8 heteroatoms. The maximum absolute atomic E-state index is 13.8. The molecule has 0 saturated carbocycles. The quantitative estimate of drug-likeness (QED) is 0.183. The van der Waals surface area contributed by atoms with E-state index < -0.39 is 0 Å². The molecule has 0 amide bonds. The number of hydrogen-bond donors (Lipinski definition) is 0. The standard InChI is InChI=1S/C28H20I2N2O2S2/c1-2-11-34-26-20(29)13-16(14-21(26)30)15-23-27(33)32-25(22-8-5-12-35-22)19-10-9-17-6-3-4-7-18(17)24(19)31-28(32)36-23/h2-8,12-15,25H,1,9-11H2/b23-15-/t25-/m0/s1. The number of ether oxygens (including phenoxy) is 1. The summed E-state index contributed by atoms with van der Waals surface area (Å²) in [5.74, 6) is 0.846. The van der Waals surface area contributed by atoms with Gasteiger partial charge in [0, 0.05) is 10.4 Å². The molecule has 1 aliphatic carbocycles. The van der Waals surface area contributed by atoms with E-state index in [1.165, 1.54) is 32.9 Å². The Bertz CT molecular complexity index is 1690. The highest BCUT2D eigenvalue weighted by Gasteiger charge is 2.33. The van der Waals surface area contributed by atoms with E-state index in [1.54, 1.807) is 17.4 Å². The number of thiazole rings is 1. The fraction of sp³-hybridized carbons (Fsp3) is 0.143. The molecule has 2 aliphatic rings. The van der Waals surface area contributed by atoms with Crippen molar-refractivity contribution in [2.75, 3.05) is 6.61 Å². The first-order valence-electron chi connectivity index (χ1n) is 11.4. The summed E-state index contributed by atoms with van der Waals surface area (Å²) >= 11 is 7.74. The second kappa shape index (κ2) is 10.0. The second-order valence-electron chi connectivity index (χ2n) is 8.54. The van der Waals surface area contributed by atoms with E-state index >= 15 is 0 Å². The summed E-state index contributed by atoms with van der Waals surface area (Å²) in [5, 5.41) is 2.09. The summed E-state index contributed by atoms with van der Waals surface area (Å²) in [6.45, 7) is 4.19. The van der Waals surface area contributed by atoms with Crippen LogP contribution in [-0.2, 0) is 6.42 Å². The highest BCUT2D eigenvalue weighted by molar-refractivity contribution is 14.1. The Morgan fingerprint density at radius 2 is 1.94 bits per heavy atom. The van der Waals surface area contributed by atoms with Crippen LogP contribution in [0, 0.1) is 7.14 Å². The number of nitrogens with zero attached hydrogens (tertiary/aromatic N) is 2. The number of thiophene rings is 1. The molecule has 0 N–H and O–H groups in total. The zero-order chi connectivity index (χ0) is 24.8. The lowest BCUT2D eigenvalue weighted by Gasteiger charge is -2.30.